The third-order valence-corrected chi connectivity index (χ3v) is 4.51. The van der Waals surface area contributed by atoms with Crippen molar-refractivity contribution in [2.24, 2.45) is 0 Å². The van der Waals surface area contributed by atoms with Crippen LogP contribution in [0.15, 0.2) is 54.9 Å². The number of benzene rings is 2. The minimum absolute atomic E-state index is 0.0471. The summed E-state index contributed by atoms with van der Waals surface area (Å²) in [5.74, 6) is -1.48. The Balaban J connectivity index is 2.16. The number of aromatic nitrogens is 2. The van der Waals surface area contributed by atoms with Gasteiger partial charge in [-0.3, -0.25) is 9.36 Å². The van der Waals surface area contributed by atoms with Gasteiger partial charge in [0.15, 0.2) is 11.4 Å². The van der Waals surface area contributed by atoms with Gasteiger partial charge in [0.25, 0.3) is 5.91 Å². The topological polar surface area (TPSA) is 38.1 Å². The highest BCUT2D eigenvalue weighted by molar-refractivity contribution is 6.32. The van der Waals surface area contributed by atoms with Crippen LogP contribution in [0.25, 0.3) is 5.69 Å². The van der Waals surface area contributed by atoms with Gasteiger partial charge >= 0.3 is 6.18 Å². The number of hydrogen-bond donors (Lipinski definition) is 0. The van der Waals surface area contributed by atoms with Crippen molar-refractivity contribution in [1.82, 2.24) is 9.55 Å². The Morgan fingerprint density at radius 3 is 2.28 bits per heavy atom. The average molecular weight is 426 g/mol. The molecule has 0 aliphatic heterocycles. The summed E-state index contributed by atoms with van der Waals surface area (Å²) in [6, 6.07) is 10.4. The van der Waals surface area contributed by atoms with Crippen molar-refractivity contribution in [3.63, 3.8) is 0 Å². The lowest BCUT2D eigenvalue weighted by Gasteiger charge is -2.27. The van der Waals surface area contributed by atoms with Crippen molar-refractivity contribution in [2.45, 2.75) is 26.1 Å². The van der Waals surface area contributed by atoms with Crippen molar-refractivity contribution in [1.29, 1.82) is 0 Å². The molecular weight excluding hydrogens is 410 g/mol. The number of para-hydroxylation sites is 1. The fourth-order valence-corrected chi connectivity index (χ4v) is 3.20. The van der Waals surface area contributed by atoms with Gasteiger partial charge in [0.05, 0.1) is 10.7 Å². The number of imidazole rings is 1. The van der Waals surface area contributed by atoms with E-state index in [0.717, 1.165) is 27.9 Å². The molecule has 0 spiro atoms. The monoisotopic (exact) mass is 425 g/mol. The van der Waals surface area contributed by atoms with E-state index in [4.69, 9.17) is 11.6 Å². The fraction of sp³-hybridized carbons (Fsp3) is 0.200. The second-order valence-corrected chi connectivity index (χ2v) is 6.91. The van der Waals surface area contributed by atoms with Crippen molar-refractivity contribution >= 4 is 23.2 Å². The molecule has 1 aromatic heterocycles. The molecule has 152 valence electrons. The first-order valence-corrected chi connectivity index (χ1v) is 8.97. The maximum Gasteiger partial charge on any atom is 0.434 e. The van der Waals surface area contributed by atoms with E-state index in [1.54, 1.807) is 19.9 Å². The summed E-state index contributed by atoms with van der Waals surface area (Å²) in [4.78, 5) is 18.0. The van der Waals surface area contributed by atoms with Gasteiger partial charge in [0.2, 0.25) is 0 Å². The highest BCUT2D eigenvalue weighted by Gasteiger charge is 2.42. The standard InChI is InChI=1S/C20H16ClF4N3O/c1-12(2)28(14-9-7-13(22)8-10-14)19(29)17-18(20(23,24)25)27(11-26-17)16-6-4-3-5-15(16)21/h3-12H,1-2H3. The molecule has 0 N–H and O–H groups in total. The number of halogens is 5. The molecule has 0 saturated heterocycles. The molecule has 29 heavy (non-hydrogen) atoms. The highest BCUT2D eigenvalue weighted by atomic mass is 35.5. The second kappa shape index (κ2) is 7.87. The minimum atomic E-state index is -4.87. The lowest BCUT2D eigenvalue weighted by molar-refractivity contribution is -0.142. The van der Waals surface area contributed by atoms with Gasteiger partial charge in [-0.2, -0.15) is 13.2 Å². The number of rotatable bonds is 4. The molecular formula is C20H16ClF4N3O. The van der Waals surface area contributed by atoms with Crippen LogP contribution in [0.2, 0.25) is 5.02 Å². The van der Waals surface area contributed by atoms with E-state index in [1.165, 1.54) is 30.3 Å². The molecule has 0 bridgehead atoms. The van der Waals surface area contributed by atoms with Crippen LogP contribution in [-0.4, -0.2) is 21.5 Å². The number of amides is 1. The Bertz CT molecular complexity index is 1030. The number of carbonyl (C=O) groups excluding carboxylic acids is 1. The molecule has 0 radical (unpaired) electrons. The van der Waals surface area contributed by atoms with E-state index in [0.29, 0.717) is 0 Å². The van der Waals surface area contributed by atoms with Crippen LogP contribution >= 0.6 is 11.6 Å². The van der Waals surface area contributed by atoms with Crippen LogP contribution in [-0.2, 0) is 6.18 Å². The number of hydrogen-bond acceptors (Lipinski definition) is 2. The first kappa shape index (κ1) is 20.9. The first-order valence-electron chi connectivity index (χ1n) is 8.60. The Kier molecular flexibility index (Phi) is 5.66. The molecule has 9 heteroatoms. The Morgan fingerprint density at radius 1 is 1.10 bits per heavy atom. The third-order valence-electron chi connectivity index (χ3n) is 4.19. The third kappa shape index (κ3) is 4.12. The summed E-state index contributed by atoms with van der Waals surface area (Å²) >= 11 is 6.05. The zero-order chi connectivity index (χ0) is 21.3. The predicted molar refractivity (Wildman–Crippen MR) is 102 cm³/mol. The van der Waals surface area contributed by atoms with Gasteiger partial charge < -0.3 is 4.90 Å². The van der Waals surface area contributed by atoms with E-state index >= 15 is 0 Å². The normalized spacial score (nSPS) is 11.7. The molecule has 0 unspecified atom stereocenters. The smallest absolute Gasteiger partial charge is 0.304 e. The maximum atomic E-state index is 13.9. The summed E-state index contributed by atoms with van der Waals surface area (Å²) in [6.45, 7) is 3.28. The molecule has 1 heterocycles. The maximum absolute atomic E-state index is 13.9. The number of alkyl halides is 3. The van der Waals surface area contributed by atoms with Crippen molar-refractivity contribution in [3.05, 3.63) is 77.1 Å². The number of carbonyl (C=O) groups is 1. The van der Waals surface area contributed by atoms with Crippen LogP contribution in [0.1, 0.15) is 30.0 Å². The van der Waals surface area contributed by atoms with Gasteiger partial charge in [0, 0.05) is 11.7 Å². The number of nitrogens with zero attached hydrogens (tertiary/aromatic N) is 3. The zero-order valence-corrected chi connectivity index (χ0v) is 16.2. The second-order valence-electron chi connectivity index (χ2n) is 6.51. The van der Waals surface area contributed by atoms with Gasteiger partial charge in [-0.05, 0) is 50.2 Å². The molecule has 2 aromatic carbocycles. The van der Waals surface area contributed by atoms with Crippen molar-refractivity contribution in [3.8, 4) is 5.69 Å². The predicted octanol–water partition coefficient (Wildman–Crippen LogP) is 5.74. The quantitative estimate of drug-likeness (QED) is 0.500. The van der Waals surface area contributed by atoms with E-state index in [2.05, 4.69) is 4.98 Å². The van der Waals surface area contributed by atoms with Crippen LogP contribution in [0.5, 0.6) is 0 Å². The summed E-state index contributed by atoms with van der Waals surface area (Å²) in [5, 5.41) is 0.0775. The number of anilines is 1. The van der Waals surface area contributed by atoms with Gasteiger partial charge in [-0.15, -0.1) is 0 Å². The van der Waals surface area contributed by atoms with Gasteiger partial charge in [0.1, 0.15) is 12.1 Å². The molecule has 3 aromatic rings. The van der Waals surface area contributed by atoms with Crippen molar-refractivity contribution in [2.75, 3.05) is 4.90 Å². The first-order chi connectivity index (χ1) is 13.6. The van der Waals surface area contributed by atoms with Gasteiger partial charge in [-0.1, -0.05) is 23.7 Å². The largest absolute Gasteiger partial charge is 0.434 e. The average Bonchev–Trinajstić information content (AvgIpc) is 3.09. The van der Waals surface area contributed by atoms with Crippen LogP contribution in [0, 0.1) is 5.82 Å². The van der Waals surface area contributed by atoms with Crippen LogP contribution in [0.3, 0.4) is 0 Å². The molecule has 0 aliphatic carbocycles. The Morgan fingerprint density at radius 2 is 1.72 bits per heavy atom. The SMILES string of the molecule is CC(C)N(C(=O)c1ncn(-c2ccccc2Cl)c1C(F)(F)F)c1ccc(F)cc1. The van der Waals surface area contributed by atoms with Crippen molar-refractivity contribution < 1.29 is 22.4 Å². The molecule has 0 atom stereocenters. The Hall–Kier alpha value is -2.87. The summed E-state index contributed by atoms with van der Waals surface area (Å²) < 4.78 is 55.7. The minimum Gasteiger partial charge on any atom is -0.304 e. The van der Waals surface area contributed by atoms with Crippen LogP contribution < -0.4 is 4.90 Å². The zero-order valence-electron chi connectivity index (χ0n) is 15.4. The van der Waals surface area contributed by atoms with E-state index < -0.39 is 35.3 Å². The summed E-state index contributed by atoms with van der Waals surface area (Å²) in [5.41, 5.74) is -1.70. The van der Waals surface area contributed by atoms with E-state index in [9.17, 15) is 22.4 Å². The molecule has 0 fully saturated rings. The molecule has 0 aliphatic rings. The molecule has 4 nitrogen and oxygen atoms in total. The van der Waals surface area contributed by atoms with Gasteiger partial charge in [-0.25, -0.2) is 9.37 Å². The molecule has 0 saturated carbocycles. The molecule has 3 rings (SSSR count). The lowest BCUT2D eigenvalue weighted by Crippen LogP contribution is -2.38. The molecule has 1 amide bonds. The fourth-order valence-electron chi connectivity index (χ4n) is 2.97. The highest BCUT2D eigenvalue weighted by Crippen LogP contribution is 2.36. The summed E-state index contributed by atoms with van der Waals surface area (Å²) in [7, 11) is 0. The van der Waals surface area contributed by atoms with E-state index in [1.807, 2.05) is 0 Å². The Labute approximate surface area is 169 Å². The summed E-state index contributed by atoms with van der Waals surface area (Å²) in [6.07, 6.45) is -3.95. The van der Waals surface area contributed by atoms with Crippen LogP contribution in [0.4, 0.5) is 23.2 Å². The van der Waals surface area contributed by atoms with E-state index in [-0.39, 0.29) is 16.4 Å². The lowest BCUT2D eigenvalue weighted by atomic mass is 10.2.